The fraction of sp³-hybridized carbons (Fsp3) is 0.762. The molecule has 1 saturated heterocycles. The van der Waals surface area contributed by atoms with Crippen LogP contribution in [0, 0.1) is 11.3 Å². The van der Waals surface area contributed by atoms with Gasteiger partial charge in [0.1, 0.15) is 11.7 Å². The normalized spacial score (nSPS) is 22.0. The first-order chi connectivity index (χ1) is 16.5. The van der Waals surface area contributed by atoms with Crippen molar-refractivity contribution in [3.05, 3.63) is 33.1 Å². The van der Waals surface area contributed by atoms with E-state index in [4.69, 9.17) is 18.5 Å². The third-order valence-corrected chi connectivity index (χ3v) is 7.73. The summed E-state index contributed by atoms with van der Waals surface area (Å²) >= 11 is 1.26. The molecule has 2 heterocycles. The van der Waals surface area contributed by atoms with Crippen LogP contribution in [0.1, 0.15) is 46.8 Å². The maximum Gasteiger partial charge on any atom is 0.407 e. The van der Waals surface area contributed by atoms with Gasteiger partial charge in [0.2, 0.25) is 0 Å². The molecule has 12 nitrogen and oxygen atoms in total. The molecule has 1 aliphatic rings. The Morgan fingerprint density at radius 1 is 1.43 bits per heavy atom. The van der Waals surface area contributed by atoms with E-state index in [2.05, 4.69) is 10.3 Å². The fourth-order valence-electron chi connectivity index (χ4n) is 3.50. The van der Waals surface area contributed by atoms with Crippen LogP contribution in [0.3, 0.4) is 0 Å². The highest BCUT2D eigenvalue weighted by molar-refractivity contribution is 7.99. The van der Waals surface area contributed by atoms with Crippen LogP contribution in [-0.4, -0.2) is 64.4 Å². The molecule has 2 rings (SSSR count). The molecule has 1 fully saturated rings. The van der Waals surface area contributed by atoms with Crippen molar-refractivity contribution in [3.8, 4) is 0 Å². The highest BCUT2D eigenvalue weighted by Crippen LogP contribution is 2.36. The molecular weight excluding hydrogens is 501 g/mol. The number of aliphatic hydroxyl groups is 1. The molecule has 3 N–H and O–H groups in total. The Hall–Kier alpha value is -1.63. The summed E-state index contributed by atoms with van der Waals surface area (Å²) in [6.45, 7) is 8.28. The van der Waals surface area contributed by atoms with Gasteiger partial charge in [-0.25, -0.2) is 9.59 Å². The van der Waals surface area contributed by atoms with Gasteiger partial charge in [-0.05, 0) is 19.8 Å². The second-order valence-electron chi connectivity index (χ2n) is 8.90. The standard InChI is InChI=1S/C21H36N3O9PS/c1-5-30-20(28)22-8-7-21(3,4)18(26)35-11-10-31-34(29)32-13-15-12-14(2)17(33-15)24-9-6-16(25)23-19(24)27/h6,9,14-15,17-18,26,34H,5,7-8,10-13H2,1-4H3,(H,22,28)(H,23,25,27)/t14-,15-,17+,18?/m0/s1. The number of ether oxygens (including phenoxy) is 2. The van der Waals surface area contributed by atoms with E-state index in [1.807, 2.05) is 20.8 Å². The van der Waals surface area contributed by atoms with Gasteiger partial charge in [-0.1, -0.05) is 20.8 Å². The largest absolute Gasteiger partial charge is 0.450 e. The number of aromatic amines is 1. The topological polar surface area (TPSA) is 158 Å². The molecule has 0 saturated carbocycles. The molecule has 0 radical (unpaired) electrons. The summed E-state index contributed by atoms with van der Waals surface area (Å²) in [7, 11) is -2.75. The number of alkyl carbamates (subject to hydrolysis) is 1. The summed E-state index contributed by atoms with van der Waals surface area (Å²) in [4.78, 5) is 36.8. The Morgan fingerprint density at radius 2 is 2.17 bits per heavy atom. The Kier molecular flexibility index (Phi) is 12.0. The van der Waals surface area contributed by atoms with Crippen LogP contribution in [0.15, 0.2) is 21.9 Å². The first-order valence-corrected chi connectivity index (χ1v) is 13.8. The lowest BCUT2D eigenvalue weighted by atomic mass is 9.90. The number of carbonyl (C=O) groups is 1. The van der Waals surface area contributed by atoms with E-state index in [1.165, 1.54) is 28.6 Å². The predicted molar refractivity (Wildman–Crippen MR) is 132 cm³/mol. The number of nitrogens with one attached hydrogen (secondary N) is 2. The Bertz CT molecular complexity index is 954. The van der Waals surface area contributed by atoms with Crippen molar-refractivity contribution in [2.24, 2.45) is 11.3 Å². The number of hydrogen-bond acceptors (Lipinski definition) is 10. The average molecular weight is 538 g/mol. The smallest absolute Gasteiger partial charge is 0.407 e. The zero-order chi connectivity index (χ0) is 26.0. The number of hydrogen-bond donors (Lipinski definition) is 3. The molecule has 0 aliphatic carbocycles. The van der Waals surface area contributed by atoms with Crippen LogP contribution in [0.2, 0.25) is 0 Å². The number of thioether (sulfide) groups is 1. The molecule has 0 spiro atoms. The van der Waals surface area contributed by atoms with E-state index in [-0.39, 0.29) is 25.2 Å². The molecule has 0 aromatic carbocycles. The lowest BCUT2D eigenvalue weighted by molar-refractivity contribution is -0.0304. The van der Waals surface area contributed by atoms with Crippen LogP contribution in [0.25, 0.3) is 0 Å². The number of nitrogens with zero attached hydrogens (tertiary/aromatic N) is 1. The van der Waals surface area contributed by atoms with Gasteiger partial charge >= 0.3 is 20.0 Å². The molecule has 2 unspecified atom stereocenters. The zero-order valence-corrected chi connectivity index (χ0v) is 22.3. The fourth-order valence-corrected chi connectivity index (χ4v) is 5.29. The van der Waals surface area contributed by atoms with Crippen LogP contribution < -0.4 is 16.6 Å². The molecular formula is C21H36N3O9PS. The predicted octanol–water partition coefficient (Wildman–Crippen LogP) is 2.10. The minimum Gasteiger partial charge on any atom is -0.450 e. The van der Waals surface area contributed by atoms with Crippen LogP contribution in [-0.2, 0) is 23.1 Å². The summed E-state index contributed by atoms with van der Waals surface area (Å²) in [5.41, 5.74) is -2.20. The maximum atomic E-state index is 12.1. The molecule has 14 heteroatoms. The highest BCUT2D eigenvalue weighted by atomic mass is 32.2. The molecule has 1 aromatic rings. The van der Waals surface area contributed by atoms with Crippen molar-refractivity contribution in [2.75, 3.05) is 32.1 Å². The minimum absolute atomic E-state index is 0.0100. The van der Waals surface area contributed by atoms with E-state index < -0.39 is 42.7 Å². The Labute approximate surface area is 209 Å². The van der Waals surface area contributed by atoms with Gasteiger partial charge < -0.3 is 28.9 Å². The zero-order valence-electron chi connectivity index (χ0n) is 20.5. The Balaban J connectivity index is 1.64. The summed E-state index contributed by atoms with van der Waals surface area (Å²) in [5, 5.41) is 13.1. The lowest BCUT2D eigenvalue weighted by Crippen LogP contribution is -2.33. The molecule has 5 atom stereocenters. The molecule has 1 aliphatic heterocycles. The number of aliphatic hydroxyl groups excluding tert-OH is 1. The second-order valence-corrected chi connectivity index (χ2v) is 11.2. The van der Waals surface area contributed by atoms with E-state index in [0.717, 1.165) is 0 Å². The molecule has 1 amide bonds. The van der Waals surface area contributed by atoms with Gasteiger partial charge in [0.05, 0.1) is 25.9 Å². The number of aromatic nitrogens is 2. The van der Waals surface area contributed by atoms with Crippen LogP contribution in [0.5, 0.6) is 0 Å². The number of amides is 1. The van der Waals surface area contributed by atoms with Crippen molar-refractivity contribution in [1.29, 1.82) is 0 Å². The summed E-state index contributed by atoms with van der Waals surface area (Å²) in [6, 6.07) is 1.25. The van der Waals surface area contributed by atoms with Crippen molar-refractivity contribution in [1.82, 2.24) is 14.9 Å². The summed E-state index contributed by atoms with van der Waals surface area (Å²) < 4.78 is 34.6. The van der Waals surface area contributed by atoms with Crippen molar-refractivity contribution >= 4 is 26.1 Å². The summed E-state index contributed by atoms with van der Waals surface area (Å²) in [5.74, 6) is 0.397. The number of rotatable bonds is 14. The first kappa shape index (κ1) is 29.6. The monoisotopic (exact) mass is 537 g/mol. The van der Waals surface area contributed by atoms with Gasteiger partial charge in [0.15, 0.2) is 0 Å². The third-order valence-electron chi connectivity index (χ3n) is 5.53. The second kappa shape index (κ2) is 14.2. The summed E-state index contributed by atoms with van der Waals surface area (Å²) in [6.07, 6.45) is 1.13. The van der Waals surface area contributed by atoms with E-state index in [9.17, 15) is 24.1 Å². The highest BCUT2D eigenvalue weighted by Gasteiger charge is 2.34. The maximum absolute atomic E-state index is 12.1. The van der Waals surface area contributed by atoms with Crippen molar-refractivity contribution in [3.63, 3.8) is 0 Å². The molecule has 35 heavy (non-hydrogen) atoms. The minimum atomic E-state index is -2.75. The molecule has 200 valence electrons. The van der Waals surface area contributed by atoms with E-state index in [0.29, 0.717) is 31.7 Å². The van der Waals surface area contributed by atoms with Crippen LogP contribution in [0.4, 0.5) is 4.79 Å². The van der Waals surface area contributed by atoms with Gasteiger partial charge in [-0.3, -0.25) is 18.9 Å². The van der Waals surface area contributed by atoms with Gasteiger partial charge in [0, 0.05) is 35.9 Å². The molecule has 0 bridgehead atoms. The Morgan fingerprint density at radius 3 is 2.86 bits per heavy atom. The van der Waals surface area contributed by atoms with Crippen molar-refractivity contribution < 1.29 is 33.0 Å². The number of carbonyl (C=O) groups excluding carboxylic acids is 1. The van der Waals surface area contributed by atoms with Gasteiger partial charge in [0.25, 0.3) is 5.56 Å². The first-order valence-electron chi connectivity index (χ1n) is 11.5. The van der Waals surface area contributed by atoms with E-state index in [1.54, 1.807) is 6.92 Å². The van der Waals surface area contributed by atoms with Gasteiger partial charge in [-0.2, -0.15) is 0 Å². The third kappa shape index (κ3) is 9.74. The quantitative estimate of drug-likeness (QED) is 0.182. The van der Waals surface area contributed by atoms with Crippen LogP contribution >= 0.6 is 20.0 Å². The van der Waals surface area contributed by atoms with Gasteiger partial charge in [-0.15, -0.1) is 11.8 Å². The van der Waals surface area contributed by atoms with Crippen molar-refractivity contribution in [2.45, 2.75) is 58.3 Å². The molecule has 1 aromatic heterocycles. The SMILES string of the molecule is CCOC(=O)NCCC(C)(C)C(O)SCCO[PH](=O)OC[C@@H]1C[C@H](C)[C@H](n2ccc(=O)[nH]c2=O)O1. The lowest BCUT2D eigenvalue weighted by Gasteiger charge is -2.30. The van der Waals surface area contributed by atoms with E-state index >= 15 is 0 Å². The average Bonchev–Trinajstić information content (AvgIpc) is 3.15. The number of H-pyrrole nitrogens is 1.